The van der Waals surface area contributed by atoms with E-state index in [2.05, 4.69) is 16.0 Å². The molecule has 2 aromatic rings. The topological polar surface area (TPSA) is 84.5 Å². The van der Waals surface area contributed by atoms with Crippen LogP contribution in [0.25, 0.3) is 0 Å². The van der Waals surface area contributed by atoms with Gasteiger partial charge in [-0.3, -0.25) is 4.79 Å². The average molecular weight is 390 g/mol. The van der Waals surface area contributed by atoms with Crippen molar-refractivity contribution in [2.24, 2.45) is 0 Å². The smallest absolute Gasteiger partial charge is 0.251 e. The molecule has 0 heterocycles. The van der Waals surface area contributed by atoms with Gasteiger partial charge in [-0.05, 0) is 36.8 Å². The Morgan fingerprint density at radius 1 is 1.19 bits per heavy atom. The van der Waals surface area contributed by atoms with Gasteiger partial charge in [-0.15, -0.1) is 6.42 Å². The molecular weight excluding hydrogens is 371 g/mol. The minimum Gasteiger partial charge on any atom is -0.490 e. The van der Waals surface area contributed by atoms with E-state index in [-0.39, 0.29) is 29.4 Å². The standard InChI is InChI=1S/C19H19FN2O4S/c1-2-11-22-27(24,25)16-8-5-7-15(14-16)19(23)21-12-6-13-26-18-10-4-3-9-17(18)20/h1,3-5,7-10,14,22H,6,11-13H2,(H,21,23). The first kappa shape index (κ1) is 20.4. The molecule has 0 saturated carbocycles. The largest absolute Gasteiger partial charge is 0.490 e. The molecule has 2 rings (SSSR count). The molecule has 0 atom stereocenters. The summed E-state index contributed by atoms with van der Waals surface area (Å²) in [6.45, 7) is 0.381. The molecule has 0 aliphatic carbocycles. The predicted molar refractivity (Wildman–Crippen MR) is 99.3 cm³/mol. The van der Waals surface area contributed by atoms with E-state index in [1.54, 1.807) is 12.1 Å². The van der Waals surface area contributed by atoms with Crippen molar-refractivity contribution in [1.29, 1.82) is 0 Å². The molecule has 0 fully saturated rings. The maximum absolute atomic E-state index is 13.4. The molecule has 0 aromatic heterocycles. The minimum atomic E-state index is -3.77. The highest BCUT2D eigenvalue weighted by Crippen LogP contribution is 2.15. The van der Waals surface area contributed by atoms with E-state index in [0.717, 1.165) is 0 Å². The normalized spacial score (nSPS) is 10.8. The van der Waals surface area contributed by atoms with Gasteiger partial charge in [0.05, 0.1) is 18.0 Å². The van der Waals surface area contributed by atoms with Crippen LogP contribution in [0.1, 0.15) is 16.8 Å². The summed E-state index contributed by atoms with van der Waals surface area (Å²) in [5.74, 6) is 1.47. The van der Waals surface area contributed by atoms with Gasteiger partial charge in [-0.2, -0.15) is 4.72 Å². The Hall–Kier alpha value is -2.89. The molecule has 0 saturated heterocycles. The lowest BCUT2D eigenvalue weighted by atomic mass is 10.2. The molecule has 0 bridgehead atoms. The Morgan fingerprint density at radius 2 is 1.96 bits per heavy atom. The maximum atomic E-state index is 13.4. The highest BCUT2D eigenvalue weighted by atomic mass is 32.2. The lowest BCUT2D eigenvalue weighted by Gasteiger charge is -2.09. The number of benzene rings is 2. The Labute approximate surface area is 157 Å². The van der Waals surface area contributed by atoms with Crippen molar-refractivity contribution in [1.82, 2.24) is 10.0 Å². The average Bonchev–Trinajstić information content (AvgIpc) is 2.67. The van der Waals surface area contributed by atoms with Crippen molar-refractivity contribution in [2.75, 3.05) is 19.7 Å². The first-order chi connectivity index (χ1) is 12.9. The Bertz CT molecular complexity index is 939. The summed E-state index contributed by atoms with van der Waals surface area (Å²) in [6.07, 6.45) is 5.50. The van der Waals surface area contributed by atoms with Crippen LogP contribution in [0, 0.1) is 18.2 Å². The summed E-state index contributed by atoms with van der Waals surface area (Å²) in [5, 5.41) is 2.66. The van der Waals surface area contributed by atoms with Crippen LogP contribution in [-0.4, -0.2) is 34.0 Å². The van der Waals surface area contributed by atoms with Gasteiger partial charge in [0.2, 0.25) is 10.0 Å². The fourth-order valence-corrected chi connectivity index (χ4v) is 3.12. The number of hydrogen-bond donors (Lipinski definition) is 2. The lowest BCUT2D eigenvalue weighted by molar-refractivity contribution is 0.0951. The highest BCUT2D eigenvalue weighted by molar-refractivity contribution is 7.89. The van der Waals surface area contributed by atoms with Gasteiger partial charge < -0.3 is 10.1 Å². The van der Waals surface area contributed by atoms with Gasteiger partial charge in [0.25, 0.3) is 5.91 Å². The Balaban J connectivity index is 1.85. The third kappa shape index (κ3) is 6.09. The van der Waals surface area contributed by atoms with E-state index in [4.69, 9.17) is 11.2 Å². The molecule has 27 heavy (non-hydrogen) atoms. The summed E-state index contributed by atoms with van der Waals surface area (Å²) < 4.78 is 45.0. The van der Waals surface area contributed by atoms with Crippen LogP contribution in [-0.2, 0) is 10.0 Å². The van der Waals surface area contributed by atoms with Crippen LogP contribution in [0.2, 0.25) is 0 Å². The van der Waals surface area contributed by atoms with Crippen molar-refractivity contribution >= 4 is 15.9 Å². The number of ether oxygens (including phenoxy) is 1. The number of rotatable bonds is 9. The predicted octanol–water partition coefficient (Wildman–Crippen LogP) is 1.94. The number of nitrogens with one attached hydrogen (secondary N) is 2. The summed E-state index contributed by atoms with van der Waals surface area (Å²) in [7, 11) is -3.77. The second kappa shape index (κ2) is 9.71. The van der Waals surface area contributed by atoms with Crippen LogP contribution in [0.15, 0.2) is 53.4 Å². The maximum Gasteiger partial charge on any atom is 0.251 e. The van der Waals surface area contributed by atoms with Gasteiger partial charge in [-0.1, -0.05) is 24.1 Å². The van der Waals surface area contributed by atoms with Crippen molar-refractivity contribution in [3.8, 4) is 18.1 Å². The van der Waals surface area contributed by atoms with E-state index in [9.17, 15) is 17.6 Å². The first-order valence-electron chi connectivity index (χ1n) is 8.13. The monoisotopic (exact) mass is 390 g/mol. The molecule has 0 unspecified atom stereocenters. The SMILES string of the molecule is C#CCNS(=O)(=O)c1cccc(C(=O)NCCCOc2ccccc2F)c1. The molecule has 0 spiro atoms. The highest BCUT2D eigenvalue weighted by Gasteiger charge is 2.15. The number of amides is 1. The molecule has 2 N–H and O–H groups in total. The van der Waals surface area contributed by atoms with Crippen molar-refractivity contribution in [3.63, 3.8) is 0 Å². The van der Waals surface area contributed by atoms with E-state index in [1.165, 1.54) is 36.4 Å². The Morgan fingerprint density at radius 3 is 2.70 bits per heavy atom. The number of halogens is 1. The molecule has 8 heteroatoms. The molecule has 0 aliphatic heterocycles. The Kier molecular flexibility index (Phi) is 7.34. The number of para-hydroxylation sites is 1. The summed E-state index contributed by atoms with van der Waals surface area (Å²) >= 11 is 0. The van der Waals surface area contributed by atoms with E-state index in [0.29, 0.717) is 13.0 Å². The minimum absolute atomic E-state index is 0.0479. The summed E-state index contributed by atoms with van der Waals surface area (Å²) in [6, 6.07) is 11.7. The van der Waals surface area contributed by atoms with Crippen molar-refractivity contribution in [2.45, 2.75) is 11.3 Å². The van der Waals surface area contributed by atoms with E-state index in [1.807, 2.05) is 0 Å². The van der Waals surface area contributed by atoms with Crippen molar-refractivity contribution in [3.05, 3.63) is 59.9 Å². The number of carbonyl (C=O) groups is 1. The van der Waals surface area contributed by atoms with Gasteiger partial charge >= 0.3 is 0 Å². The fourth-order valence-electron chi connectivity index (χ4n) is 2.14. The molecule has 2 aromatic carbocycles. The molecule has 142 valence electrons. The number of hydrogen-bond acceptors (Lipinski definition) is 4. The van der Waals surface area contributed by atoms with Crippen LogP contribution in [0.3, 0.4) is 0 Å². The summed E-state index contributed by atoms with van der Waals surface area (Å²) in [4.78, 5) is 12.1. The van der Waals surface area contributed by atoms with Crippen LogP contribution < -0.4 is 14.8 Å². The van der Waals surface area contributed by atoms with Gasteiger partial charge in [0.15, 0.2) is 11.6 Å². The third-order valence-corrected chi connectivity index (χ3v) is 4.87. The van der Waals surface area contributed by atoms with Crippen LogP contribution in [0.5, 0.6) is 5.75 Å². The second-order valence-electron chi connectivity index (χ2n) is 5.44. The summed E-state index contributed by atoms with van der Waals surface area (Å²) in [5.41, 5.74) is 0.202. The van der Waals surface area contributed by atoms with Gasteiger partial charge in [-0.25, -0.2) is 12.8 Å². The van der Waals surface area contributed by atoms with Gasteiger partial charge in [0, 0.05) is 12.1 Å². The first-order valence-corrected chi connectivity index (χ1v) is 9.61. The van der Waals surface area contributed by atoms with Gasteiger partial charge in [0.1, 0.15) is 0 Å². The zero-order valence-corrected chi connectivity index (χ0v) is 15.3. The number of terminal acetylenes is 1. The lowest BCUT2D eigenvalue weighted by Crippen LogP contribution is -2.27. The zero-order chi connectivity index (χ0) is 19.7. The van der Waals surface area contributed by atoms with E-state index < -0.39 is 21.7 Å². The zero-order valence-electron chi connectivity index (χ0n) is 14.4. The van der Waals surface area contributed by atoms with E-state index >= 15 is 0 Å². The number of sulfonamides is 1. The third-order valence-electron chi connectivity index (χ3n) is 3.47. The molecule has 0 radical (unpaired) electrons. The molecule has 0 aliphatic rings. The second-order valence-corrected chi connectivity index (χ2v) is 7.21. The number of carbonyl (C=O) groups excluding carboxylic acids is 1. The quantitative estimate of drug-likeness (QED) is 0.506. The molecule has 1 amide bonds. The van der Waals surface area contributed by atoms with Crippen LogP contribution >= 0.6 is 0 Å². The molecule has 6 nitrogen and oxygen atoms in total. The fraction of sp³-hybridized carbons (Fsp3) is 0.211. The van der Waals surface area contributed by atoms with Crippen molar-refractivity contribution < 1.29 is 22.3 Å². The van der Waals surface area contributed by atoms with Crippen LogP contribution in [0.4, 0.5) is 4.39 Å². The molecular formula is C19H19FN2O4S.